The van der Waals surface area contributed by atoms with Gasteiger partial charge in [0, 0.05) is 30.5 Å². The smallest absolute Gasteiger partial charge is 0.331 e. The van der Waals surface area contributed by atoms with E-state index >= 15 is 0 Å². The number of hydrogen-bond donors (Lipinski definition) is 2. The molecule has 0 fully saturated rings. The van der Waals surface area contributed by atoms with E-state index in [1.54, 1.807) is 7.05 Å². The van der Waals surface area contributed by atoms with Crippen LogP contribution >= 0.6 is 0 Å². The fraction of sp³-hybridized carbons (Fsp3) is 0.607. The van der Waals surface area contributed by atoms with Crippen molar-refractivity contribution >= 4 is 17.8 Å². The topological polar surface area (TPSA) is 86.7 Å². The molecule has 2 N–H and O–H groups in total. The summed E-state index contributed by atoms with van der Waals surface area (Å²) in [5.74, 6) is -0.888. The lowest BCUT2D eigenvalue weighted by Crippen LogP contribution is -2.45. The lowest BCUT2D eigenvalue weighted by atomic mass is 9.71. The Balaban J connectivity index is 0. The second-order valence-corrected chi connectivity index (χ2v) is 9.67. The summed E-state index contributed by atoms with van der Waals surface area (Å²) in [5, 5.41) is 11.6. The third-order valence-corrected chi connectivity index (χ3v) is 4.96. The average molecular weight is 477 g/mol. The minimum atomic E-state index is -1.02. The third kappa shape index (κ3) is 13.8. The van der Waals surface area contributed by atoms with Gasteiger partial charge in [-0.3, -0.25) is 9.59 Å². The van der Waals surface area contributed by atoms with Gasteiger partial charge in [0.1, 0.15) is 0 Å². The zero-order valence-electron chi connectivity index (χ0n) is 23.1. The summed E-state index contributed by atoms with van der Waals surface area (Å²) >= 11 is 0. The number of benzene rings is 1. The number of likely N-dealkylation sites (N-methyl/N-ethyl adjacent to an activating group) is 1. The average Bonchev–Trinajstić information content (AvgIpc) is 2.76. The molecule has 1 atom stereocenters. The minimum absolute atomic E-state index is 0.114. The highest BCUT2D eigenvalue weighted by Crippen LogP contribution is 2.33. The van der Waals surface area contributed by atoms with E-state index in [1.807, 2.05) is 51.1 Å². The number of hydrogen-bond acceptors (Lipinski definition) is 3. The van der Waals surface area contributed by atoms with Crippen LogP contribution in [-0.4, -0.2) is 47.9 Å². The van der Waals surface area contributed by atoms with E-state index in [-0.39, 0.29) is 41.8 Å². The first-order chi connectivity index (χ1) is 15.8. The molecule has 0 aliphatic heterocycles. The van der Waals surface area contributed by atoms with Crippen LogP contribution in [0.2, 0.25) is 0 Å². The Morgan fingerprint density at radius 1 is 1.06 bits per heavy atom. The number of rotatable bonds is 9. The van der Waals surface area contributed by atoms with Gasteiger partial charge in [0.2, 0.25) is 11.8 Å². The molecule has 6 nitrogen and oxygen atoms in total. The molecule has 0 saturated carbocycles. The van der Waals surface area contributed by atoms with Gasteiger partial charge in [-0.05, 0) is 24.8 Å². The highest BCUT2D eigenvalue weighted by atomic mass is 16.4. The molecule has 0 bridgehead atoms. The van der Waals surface area contributed by atoms with Crippen LogP contribution in [0.1, 0.15) is 80.7 Å². The van der Waals surface area contributed by atoms with Crippen LogP contribution in [0.15, 0.2) is 42.0 Å². The van der Waals surface area contributed by atoms with Crippen LogP contribution in [0.5, 0.6) is 0 Å². The van der Waals surface area contributed by atoms with Crippen LogP contribution in [0.4, 0.5) is 0 Å². The fourth-order valence-corrected chi connectivity index (χ4v) is 2.98. The first-order valence-corrected chi connectivity index (χ1v) is 12.2. The number of amides is 2. The van der Waals surface area contributed by atoms with E-state index in [0.717, 1.165) is 11.5 Å². The third-order valence-electron chi connectivity index (χ3n) is 4.96. The quantitative estimate of drug-likeness (QED) is 0.449. The summed E-state index contributed by atoms with van der Waals surface area (Å²) in [6, 6.07) is 9.85. The van der Waals surface area contributed by atoms with Gasteiger partial charge in [-0.25, -0.2) is 4.79 Å². The van der Waals surface area contributed by atoms with Crippen LogP contribution < -0.4 is 5.32 Å². The maximum Gasteiger partial charge on any atom is 0.331 e. The summed E-state index contributed by atoms with van der Waals surface area (Å²) in [4.78, 5) is 37.1. The van der Waals surface area contributed by atoms with Crippen molar-refractivity contribution in [3.63, 3.8) is 0 Å². The lowest BCUT2D eigenvalue weighted by Gasteiger charge is -2.33. The molecule has 194 valence electrons. The maximum atomic E-state index is 12.7. The summed E-state index contributed by atoms with van der Waals surface area (Å²) in [5.41, 5.74) is 0.884. The molecule has 1 aromatic rings. The molecule has 34 heavy (non-hydrogen) atoms. The van der Waals surface area contributed by atoms with Crippen molar-refractivity contribution in [3.05, 3.63) is 47.5 Å². The summed E-state index contributed by atoms with van der Waals surface area (Å²) in [7, 11) is 1.57. The predicted octanol–water partition coefficient (Wildman–Crippen LogP) is 5.67. The normalized spacial score (nSPS) is 11.9. The van der Waals surface area contributed by atoms with Gasteiger partial charge in [-0.2, -0.15) is 0 Å². The zero-order chi connectivity index (χ0) is 26.9. The van der Waals surface area contributed by atoms with Gasteiger partial charge in [-0.1, -0.05) is 98.2 Å². The summed E-state index contributed by atoms with van der Waals surface area (Å²) in [6.07, 6.45) is 3.37. The number of carbonyl (C=O) groups is 3. The highest BCUT2D eigenvalue weighted by molar-refractivity contribution is 5.87. The van der Waals surface area contributed by atoms with Crippen LogP contribution in [0, 0.1) is 11.8 Å². The molecule has 6 heteroatoms. The van der Waals surface area contributed by atoms with Crippen LogP contribution in [-0.2, 0) is 19.8 Å². The number of carboxylic acid groups (broad SMARTS) is 1. The second-order valence-electron chi connectivity index (χ2n) is 9.67. The molecular formula is C28H48N2O4. The highest BCUT2D eigenvalue weighted by Gasteiger charge is 2.35. The molecule has 1 rings (SSSR count). The van der Waals surface area contributed by atoms with E-state index in [2.05, 4.69) is 39.9 Å². The van der Waals surface area contributed by atoms with E-state index in [4.69, 9.17) is 5.11 Å². The number of carbonyl (C=O) groups excluding carboxylic acids is 2. The van der Waals surface area contributed by atoms with Crippen molar-refractivity contribution in [2.24, 2.45) is 11.8 Å². The molecule has 0 aliphatic carbocycles. The molecule has 1 aromatic carbocycles. The van der Waals surface area contributed by atoms with Crippen molar-refractivity contribution in [2.45, 2.75) is 80.6 Å². The minimum Gasteiger partial charge on any atom is -0.478 e. The second kappa shape index (κ2) is 17.8. The molecule has 0 radical (unpaired) electrons. The fourth-order valence-electron chi connectivity index (χ4n) is 2.98. The number of carboxylic acids is 1. The van der Waals surface area contributed by atoms with Gasteiger partial charge < -0.3 is 15.3 Å². The first-order valence-electron chi connectivity index (χ1n) is 12.2. The molecule has 0 aliphatic rings. The van der Waals surface area contributed by atoms with Crippen molar-refractivity contribution in [1.82, 2.24) is 10.2 Å². The largest absolute Gasteiger partial charge is 0.478 e. The van der Waals surface area contributed by atoms with Crippen molar-refractivity contribution in [2.75, 3.05) is 20.1 Å². The first kappa shape index (κ1) is 33.5. The molecule has 0 heterocycles. The van der Waals surface area contributed by atoms with Crippen molar-refractivity contribution in [1.29, 1.82) is 0 Å². The van der Waals surface area contributed by atoms with Gasteiger partial charge in [0.15, 0.2) is 0 Å². The maximum absolute atomic E-state index is 12.7. The monoisotopic (exact) mass is 476 g/mol. The molecule has 0 spiro atoms. The van der Waals surface area contributed by atoms with Gasteiger partial charge in [0.05, 0.1) is 6.54 Å². The van der Waals surface area contributed by atoms with E-state index in [9.17, 15) is 14.4 Å². The van der Waals surface area contributed by atoms with E-state index in [0.29, 0.717) is 6.42 Å². The molecular weight excluding hydrogens is 428 g/mol. The zero-order valence-corrected chi connectivity index (χ0v) is 23.1. The Bertz CT molecular complexity index is 752. The SMILES string of the molecule is CC(C)C.CCC.CC[C@H](C(=O)NCC(=O)N(C)C/C=C(\C)C(=O)O)C(C)(C)c1ccccc1. The Hall–Kier alpha value is -2.63. The van der Waals surface area contributed by atoms with Gasteiger partial charge in [-0.15, -0.1) is 0 Å². The van der Waals surface area contributed by atoms with Gasteiger partial charge >= 0.3 is 5.97 Å². The molecule has 0 aromatic heterocycles. The summed E-state index contributed by atoms with van der Waals surface area (Å²) < 4.78 is 0. The van der Waals surface area contributed by atoms with Crippen molar-refractivity contribution < 1.29 is 19.5 Å². The van der Waals surface area contributed by atoms with Crippen molar-refractivity contribution in [3.8, 4) is 0 Å². The number of aliphatic carboxylic acids is 1. The molecule has 2 amide bonds. The predicted molar refractivity (Wildman–Crippen MR) is 142 cm³/mol. The standard InChI is InChI=1S/C21H30N2O4.C4H10.C3H8/c1-6-17(21(3,4)16-10-8-7-9-11-16)19(25)22-14-18(24)23(5)13-12-15(2)20(26)27;1-4(2)3;1-3-2/h7-12,17H,6,13-14H2,1-5H3,(H,22,25)(H,26,27);4H,1-3H3;3H2,1-2H3/b15-12+;;/t17-;;/m1../s1. The van der Waals surface area contributed by atoms with Gasteiger partial charge in [0.25, 0.3) is 0 Å². The molecule has 0 unspecified atom stereocenters. The number of nitrogens with zero attached hydrogens (tertiary/aromatic N) is 1. The van der Waals surface area contributed by atoms with Crippen LogP contribution in [0.3, 0.4) is 0 Å². The Kier molecular flexibility index (Phi) is 17.6. The van der Waals surface area contributed by atoms with E-state index in [1.165, 1.54) is 24.3 Å². The Morgan fingerprint density at radius 3 is 1.94 bits per heavy atom. The molecule has 0 saturated heterocycles. The van der Waals surface area contributed by atoms with Crippen LogP contribution in [0.25, 0.3) is 0 Å². The summed E-state index contributed by atoms with van der Waals surface area (Å²) in [6.45, 7) is 18.3. The Morgan fingerprint density at radius 2 is 1.53 bits per heavy atom. The Labute approximate surface area is 207 Å². The van der Waals surface area contributed by atoms with E-state index < -0.39 is 5.97 Å². The number of nitrogens with one attached hydrogen (secondary N) is 1. The lowest BCUT2D eigenvalue weighted by molar-refractivity contribution is -0.133.